The van der Waals surface area contributed by atoms with Gasteiger partial charge in [-0.2, -0.15) is 9.59 Å². The van der Waals surface area contributed by atoms with Gasteiger partial charge in [0.15, 0.2) is 0 Å². The maximum atomic E-state index is 9.35. The minimum atomic E-state index is -2.99. The molecule has 0 aliphatic heterocycles. The van der Waals surface area contributed by atoms with Gasteiger partial charge in [-0.3, -0.25) is 0 Å². The van der Waals surface area contributed by atoms with Crippen LogP contribution in [0.1, 0.15) is 0 Å². The summed E-state index contributed by atoms with van der Waals surface area (Å²) in [6.07, 6.45) is -3.49. The van der Waals surface area contributed by atoms with Gasteiger partial charge >= 0.3 is 28.8 Å². The van der Waals surface area contributed by atoms with Crippen molar-refractivity contribution in [3.05, 3.63) is 0 Å². The highest BCUT2D eigenvalue weighted by atomic mass is 31.1. The molecule has 2 unspecified atom stereocenters. The Morgan fingerprint density at radius 1 is 0.857 bits per heavy atom. The van der Waals surface area contributed by atoms with E-state index < -0.39 is 28.8 Å². The topological polar surface area (TPSA) is 168 Å². The zero-order valence-electron chi connectivity index (χ0n) is 6.13. The number of carbonyl (C=O) groups is 2. The molecule has 0 radical (unpaired) electrons. The Kier molecular flexibility index (Phi) is 8.94. The van der Waals surface area contributed by atoms with Crippen LogP contribution in [-0.2, 0) is 18.2 Å². The molecule has 0 aromatic carbocycles. The molecule has 14 heavy (non-hydrogen) atoms. The average molecular weight is 250 g/mol. The first-order valence-electron chi connectivity index (χ1n) is 2.39. The Morgan fingerprint density at radius 3 is 1.07 bits per heavy atom. The molecular weight excluding hydrogens is 246 g/mol. The Balaban J connectivity index is 0. The third-order valence-electron chi connectivity index (χ3n) is 0.312. The van der Waals surface area contributed by atoms with Gasteiger partial charge in [0.1, 0.15) is 0 Å². The van der Waals surface area contributed by atoms with Gasteiger partial charge in [-0.1, -0.05) is 0 Å². The van der Waals surface area contributed by atoms with E-state index in [0.29, 0.717) is 0 Å². The molecule has 0 aromatic rings. The smallest absolute Gasteiger partial charge is 0.447 e. The van der Waals surface area contributed by atoms with E-state index in [4.69, 9.17) is 20.0 Å². The molecule has 2 atom stereocenters. The lowest BCUT2D eigenvalue weighted by Crippen LogP contribution is -1.89. The first-order chi connectivity index (χ1) is 6.25. The molecule has 0 amide bonds. The van der Waals surface area contributed by atoms with Crippen molar-refractivity contribution >= 4 is 28.8 Å². The van der Waals surface area contributed by atoms with E-state index in [1.807, 2.05) is 0 Å². The maximum Gasteiger partial charge on any atom is 0.753 e. The van der Waals surface area contributed by atoms with Crippen LogP contribution in [0.4, 0.5) is 9.59 Å². The van der Waals surface area contributed by atoms with Crippen molar-refractivity contribution in [2.45, 2.75) is 0 Å². The van der Waals surface area contributed by atoms with Gasteiger partial charge in [-0.05, 0) is 0 Å². The zero-order valence-corrected chi connectivity index (χ0v) is 7.92. The highest BCUT2D eigenvalue weighted by Crippen LogP contribution is 2.13. The molecule has 0 saturated heterocycles. The van der Waals surface area contributed by atoms with Crippen LogP contribution in [0.5, 0.6) is 0 Å². The third-order valence-corrected chi connectivity index (χ3v) is 0.937. The normalized spacial score (nSPS) is 10.1. The summed E-state index contributed by atoms with van der Waals surface area (Å²) in [6.45, 7) is 0. The third kappa shape index (κ3) is 22.4. The summed E-state index contributed by atoms with van der Waals surface area (Å²) >= 11 is 0. The lowest BCUT2D eigenvalue weighted by molar-refractivity contribution is 0.140. The standard InChI is InChI=1S/2CHO5P/c2*2-1(3)6-7(4)5/h2*(H-,2,3,4,5)/p+2. The van der Waals surface area contributed by atoms with Gasteiger partial charge in [0.2, 0.25) is 0 Å². The van der Waals surface area contributed by atoms with Gasteiger partial charge in [-0.25, -0.2) is 0 Å². The van der Waals surface area contributed by atoms with Gasteiger partial charge in [0, 0.05) is 9.13 Å². The van der Waals surface area contributed by atoms with E-state index in [-0.39, 0.29) is 0 Å². The van der Waals surface area contributed by atoms with Crippen LogP contribution in [0, 0.1) is 0 Å². The minimum Gasteiger partial charge on any atom is -0.447 e. The number of carboxylic acid groups (broad SMARTS) is 2. The van der Waals surface area contributed by atoms with Crippen molar-refractivity contribution < 1.29 is 47.8 Å². The van der Waals surface area contributed by atoms with Crippen LogP contribution in [0.3, 0.4) is 0 Å². The van der Waals surface area contributed by atoms with Crippen LogP contribution in [0.2, 0.25) is 0 Å². The van der Waals surface area contributed by atoms with Crippen LogP contribution in [0.15, 0.2) is 0 Å². The molecule has 80 valence electrons. The van der Waals surface area contributed by atoms with Crippen molar-refractivity contribution in [3.8, 4) is 0 Å². The number of hydrogen-bond acceptors (Lipinski definition) is 6. The highest BCUT2D eigenvalue weighted by Gasteiger charge is 2.18. The quantitative estimate of drug-likeness (QED) is 0.510. The van der Waals surface area contributed by atoms with Crippen molar-refractivity contribution in [2.24, 2.45) is 0 Å². The monoisotopic (exact) mass is 250 g/mol. The van der Waals surface area contributed by atoms with Crippen molar-refractivity contribution in [1.29, 1.82) is 0 Å². The van der Waals surface area contributed by atoms with Gasteiger partial charge in [0.25, 0.3) is 0 Å². The molecule has 0 aliphatic rings. The molecule has 0 aromatic heterocycles. The predicted molar refractivity (Wildman–Crippen MR) is 37.9 cm³/mol. The molecule has 0 aliphatic carbocycles. The van der Waals surface area contributed by atoms with E-state index in [1.54, 1.807) is 0 Å². The fourth-order valence-electron chi connectivity index (χ4n) is 0.134. The summed E-state index contributed by atoms with van der Waals surface area (Å²) in [5, 5.41) is 15.0. The molecule has 0 fully saturated rings. The minimum absolute atomic E-state index is 1.75. The molecule has 4 N–H and O–H groups in total. The lowest BCUT2D eigenvalue weighted by atomic mass is 11.5. The van der Waals surface area contributed by atoms with E-state index in [2.05, 4.69) is 9.05 Å². The van der Waals surface area contributed by atoms with Crippen LogP contribution in [-0.4, -0.2) is 32.3 Å². The second kappa shape index (κ2) is 8.27. The Hall–Kier alpha value is -1.34. The second-order valence-corrected chi connectivity index (χ2v) is 2.51. The van der Waals surface area contributed by atoms with Gasteiger partial charge in [0.05, 0.1) is 0 Å². The van der Waals surface area contributed by atoms with E-state index in [1.165, 1.54) is 0 Å². The van der Waals surface area contributed by atoms with Gasteiger partial charge < -0.3 is 10.2 Å². The predicted octanol–water partition coefficient (Wildman–Crippen LogP) is 0.661. The largest absolute Gasteiger partial charge is 0.753 e. The molecule has 12 heteroatoms. The van der Waals surface area contributed by atoms with Crippen LogP contribution in [0.25, 0.3) is 0 Å². The summed E-state index contributed by atoms with van der Waals surface area (Å²) in [6, 6.07) is 0. The Bertz CT molecular complexity index is 195. The van der Waals surface area contributed by atoms with E-state index in [0.717, 1.165) is 0 Å². The number of rotatable bonds is 2. The number of hydrogen-bond donors (Lipinski definition) is 4. The summed E-state index contributed by atoms with van der Waals surface area (Å²) < 4.78 is 25.2. The first-order valence-corrected chi connectivity index (χ1v) is 4.65. The molecule has 0 spiro atoms. The van der Waals surface area contributed by atoms with E-state index >= 15 is 0 Å². The van der Waals surface area contributed by atoms with Crippen molar-refractivity contribution in [2.75, 3.05) is 0 Å². The van der Waals surface area contributed by atoms with Crippen molar-refractivity contribution in [1.82, 2.24) is 0 Å². The first kappa shape index (κ1) is 15.1. The van der Waals surface area contributed by atoms with Gasteiger partial charge in [-0.15, -0.1) is 18.8 Å². The molecule has 0 rings (SSSR count). The van der Waals surface area contributed by atoms with Crippen LogP contribution < -0.4 is 0 Å². The summed E-state index contributed by atoms with van der Waals surface area (Å²) in [5.74, 6) is 0. The highest BCUT2D eigenvalue weighted by molar-refractivity contribution is 7.33. The molecular formula is C2H4O10P2+2. The maximum absolute atomic E-state index is 9.35. The Labute approximate surface area is 77.6 Å². The molecule has 0 heterocycles. The summed E-state index contributed by atoms with van der Waals surface area (Å²) in [5.41, 5.74) is 0. The molecule has 10 nitrogen and oxygen atoms in total. The fraction of sp³-hybridized carbons (Fsp3) is 0. The van der Waals surface area contributed by atoms with Crippen molar-refractivity contribution in [3.63, 3.8) is 0 Å². The second-order valence-electron chi connectivity index (χ2n) is 1.19. The fourth-order valence-corrected chi connectivity index (χ4v) is 0.401. The molecule has 0 saturated carbocycles. The summed E-state index contributed by atoms with van der Waals surface area (Å²) in [4.78, 5) is 33.7. The molecule has 0 bridgehead atoms. The lowest BCUT2D eigenvalue weighted by Gasteiger charge is -1.69. The zero-order chi connectivity index (χ0) is 11.7. The van der Waals surface area contributed by atoms with E-state index in [9.17, 15) is 18.7 Å². The summed E-state index contributed by atoms with van der Waals surface area (Å²) in [7, 11) is -5.98. The Morgan fingerprint density at radius 2 is 1.07 bits per heavy atom. The SMILES string of the molecule is O=C(O)O[P+](=O)O.O=C(O)O[P+](=O)O. The average Bonchev–Trinajstić information content (AvgIpc) is 1.79. The van der Waals surface area contributed by atoms with Crippen LogP contribution >= 0.6 is 16.5 Å².